The van der Waals surface area contributed by atoms with Crippen LogP contribution in [-0.2, 0) is 24.6 Å². The fraction of sp³-hybridized carbons (Fsp3) is 0.478. The first-order chi connectivity index (χ1) is 16.5. The fourth-order valence-corrected chi connectivity index (χ4v) is 10.2. The van der Waals surface area contributed by atoms with E-state index in [1.165, 1.54) is 28.6 Å². The third kappa shape index (κ3) is 3.96. The van der Waals surface area contributed by atoms with E-state index in [2.05, 4.69) is 0 Å². The van der Waals surface area contributed by atoms with E-state index >= 15 is 4.39 Å². The van der Waals surface area contributed by atoms with Crippen molar-refractivity contribution in [3.8, 4) is 5.75 Å². The molecule has 0 unspecified atom stereocenters. The summed E-state index contributed by atoms with van der Waals surface area (Å²) in [5.41, 5.74) is -0.419. The lowest BCUT2D eigenvalue weighted by Crippen LogP contribution is -2.53. The standard InChI is InChI=1S/C23H23Cl2F2NO5S2/c24-16-2-4-17(5-3-16)35(31,32)23-7-6-14(13-34(29,30)28-8-1-9-28)10-15(23)12-33-22-19(26)11-18(25)21(27)20(22)23/h2-5,11,14-15H,1,6-10,12-13H2/t14-,15-,23+/m0/s1. The van der Waals surface area contributed by atoms with Crippen LogP contribution in [-0.4, -0.2) is 46.6 Å². The molecule has 190 valence electrons. The molecule has 0 amide bonds. The van der Waals surface area contributed by atoms with E-state index in [9.17, 15) is 21.2 Å². The van der Waals surface area contributed by atoms with Crippen molar-refractivity contribution in [2.45, 2.75) is 35.3 Å². The van der Waals surface area contributed by atoms with Crippen LogP contribution in [0.5, 0.6) is 5.75 Å². The first-order valence-corrected chi connectivity index (χ1v) is 15.1. The van der Waals surface area contributed by atoms with Gasteiger partial charge in [0.15, 0.2) is 27.2 Å². The van der Waals surface area contributed by atoms with Crippen molar-refractivity contribution >= 4 is 43.1 Å². The molecule has 0 aromatic heterocycles. The molecule has 12 heteroatoms. The molecule has 0 bridgehead atoms. The number of rotatable bonds is 5. The molecule has 2 aliphatic heterocycles. The van der Waals surface area contributed by atoms with Gasteiger partial charge in [0.1, 0.15) is 4.75 Å². The van der Waals surface area contributed by atoms with Crippen LogP contribution in [0.2, 0.25) is 10.0 Å². The largest absolute Gasteiger partial charge is 0.490 e. The van der Waals surface area contributed by atoms with Crippen molar-refractivity contribution in [3.05, 3.63) is 57.6 Å². The number of benzene rings is 2. The second-order valence-corrected chi connectivity index (χ2v) is 14.4. The van der Waals surface area contributed by atoms with Crippen molar-refractivity contribution in [2.75, 3.05) is 25.4 Å². The average Bonchev–Trinajstić information content (AvgIpc) is 2.75. The van der Waals surface area contributed by atoms with E-state index in [-0.39, 0.29) is 42.4 Å². The predicted octanol–water partition coefficient (Wildman–Crippen LogP) is 4.79. The molecule has 0 N–H and O–H groups in total. The van der Waals surface area contributed by atoms with E-state index in [1.54, 1.807) is 0 Å². The first kappa shape index (κ1) is 25.2. The first-order valence-electron chi connectivity index (χ1n) is 11.3. The van der Waals surface area contributed by atoms with E-state index in [0.29, 0.717) is 18.1 Å². The molecule has 2 aromatic rings. The molecule has 2 heterocycles. The van der Waals surface area contributed by atoms with Crippen molar-refractivity contribution in [3.63, 3.8) is 0 Å². The normalized spacial score (nSPS) is 26.9. The summed E-state index contributed by atoms with van der Waals surface area (Å²) in [7, 11) is -7.79. The smallest absolute Gasteiger partial charge is 0.214 e. The lowest BCUT2D eigenvalue weighted by Gasteiger charge is -2.49. The maximum atomic E-state index is 15.6. The summed E-state index contributed by atoms with van der Waals surface area (Å²) < 4.78 is 89.4. The highest BCUT2D eigenvalue weighted by atomic mass is 35.5. The van der Waals surface area contributed by atoms with Gasteiger partial charge >= 0.3 is 0 Å². The van der Waals surface area contributed by atoms with Crippen LogP contribution < -0.4 is 4.74 Å². The van der Waals surface area contributed by atoms with Crippen LogP contribution in [0.4, 0.5) is 8.78 Å². The molecule has 3 aliphatic rings. The number of fused-ring (bicyclic) bond motifs is 3. The van der Waals surface area contributed by atoms with Gasteiger partial charge in [-0.15, -0.1) is 0 Å². The highest BCUT2D eigenvalue weighted by molar-refractivity contribution is 7.92. The summed E-state index contributed by atoms with van der Waals surface area (Å²) in [5, 5.41) is -0.218. The van der Waals surface area contributed by atoms with Crippen molar-refractivity contribution in [1.82, 2.24) is 4.31 Å². The Hall–Kier alpha value is -1.46. The topological polar surface area (TPSA) is 80.8 Å². The zero-order chi connectivity index (χ0) is 25.2. The Balaban J connectivity index is 1.63. The minimum absolute atomic E-state index is 0.0915. The van der Waals surface area contributed by atoms with Gasteiger partial charge in [0.2, 0.25) is 10.0 Å². The Bertz CT molecular complexity index is 1380. The number of nitrogens with zero attached hydrogens (tertiary/aromatic N) is 1. The Kier molecular flexibility index (Phi) is 6.36. The predicted molar refractivity (Wildman–Crippen MR) is 128 cm³/mol. The molecule has 0 radical (unpaired) electrons. The monoisotopic (exact) mass is 565 g/mol. The molecular weight excluding hydrogens is 543 g/mol. The Morgan fingerprint density at radius 2 is 1.77 bits per heavy atom. The Labute approximate surface area is 213 Å². The lowest BCUT2D eigenvalue weighted by molar-refractivity contribution is 0.103. The number of halogens is 4. The van der Waals surface area contributed by atoms with Crippen LogP contribution in [0.25, 0.3) is 0 Å². The van der Waals surface area contributed by atoms with Gasteiger partial charge in [-0.3, -0.25) is 0 Å². The van der Waals surface area contributed by atoms with Gasteiger partial charge in [-0.25, -0.2) is 29.9 Å². The molecule has 0 spiro atoms. The summed E-state index contributed by atoms with van der Waals surface area (Å²) in [6.45, 7) is 0.762. The molecular formula is C23H23Cl2F2NO5S2. The zero-order valence-corrected chi connectivity index (χ0v) is 21.7. The average molecular weight is 566 g/mol. The SMILES string of the molecule is O=S(=O)(C[C@H]1CC[C@]2(S(=O)(=O)c3ccc(Cl)cc3)c3c(F)c(Cl)cc(F)c3OC[C@@H]2C1)N1CCC1. The fourth-order valence-electron chi connectivity index (χ4n) is 5.58. The maximum Gasteiger partial charge on any atom is 0.214 e. The van der Waals surface area contributed by atoms with Gasteiger partial charge in [0, 0.05) is 24.0 Å². The number of hydrogen-bond donors (Lipinski definition) is 0. The Morgan fingerprint density at radius 3 is 2.40 bits per heavy atom. The molecule has 1 saturated carbocycles. The van der Waals surface area contributed by atoms with Gasteiger partial charge in [0.25, 0.3) is 0 Å². The molecule has 2 fully saturated rings. The van der Waals surface area contributed by atoms with Crippen molar-refractivity contribution < 1.29 is 30.4 Å². The van der Waals surface area contributed by atoms with Crippen LogP contribution in [0.1, 0.15) is 31.2 Å². The highest BCUT2D eigenvalue weighted by Crippen LogP contribution is 2.58. The second-order valence-electron chi connectivity index (χ2n) is 9.38. The van der Waals surface area contributed by atoms with Crippen molar-refractivity contribution in [1.29, 1.82) is 0 Å². The number of sulfonamides is 1. The summed E-state index contributed by atoms with van der Waals surface area (Å²) in [6, 6.07) is 6.26. The van der Waals surface area contributed by atoms with Crippen LogP contribution in [0.15, 0.2) is 35.2 Å². The number of ether oxygens (including phenoxy) is 1. The van der Waals surface area contributed by atoms with Crippen molar-refractivity contribution in [2.24, 2.45) is 11.8 Å². The van der Waals surface area contributed by atoms with Crippen LogP contribution in [0.3, 0.4) is 0 Å². The summed E-state index contributed by atoms with van der Waals surface area (Å²) in [4.78, 5) is -0.0915. The molecule has 1 aliphatic carbocycles. The van der Waals surface area contributed by atoms with Gasteiger partial charge in [-0.1, -0.05) is 23.2 Å². The maximum absolute atomic E-state index is 15.6. The van der Waals surface area contributed by atoms with Gasteiger partial charge in [-0.2, -0.15) is 0 Å². The summed E-state index contributed by atoms with van der Waals surface area (Å²) in [6.07, 6.45) is 1.07. The minimum Gasteiger partial charge on any atom is -0.490 e. The Morgan fingerprint density at radius 1 is 1.09 bits per heavy atom. The zero-order valence-electron chi connectivity index (χ0n) is 18.5. The quantitative estimate of drug-likeness (QED) is 0.487. The highest BCUT2D eigenvalue weighted by Gasteiger charge is 2.60. The third-order valence-corrected chi connectivity index (χ3v) is 12.6. The van der Waals surface area contributed by atoms with Crippen LogP contribution >= 0.6 is 23.2 Å². The summed E-state index contributed by atoms with van der Waals surface area (Å²) in [5.74, 6) is -3.74. The molecule has 3 atom stereocenters. The van der Waals surface area contributed by atoms with E-state index in [4.69, 9.17) is 27.9 Å². The lowest BCUT2D eigenvalue weighted by atomic mass is 9.69. The summed E-state index contributed by atoms with van der Waals surface area (Å²) >= 11 is 11.9. The number of sulfone groups is 1. The van der Waals surface area contributed by atoms with E-state index in [0.717, 1.165) is 12.5 Å². The van der Waals surface area contributed by atoms with Crippen LogP contribution in [0, 0.1) is 23.5 Å². The van der Waals surface area contributed by atoms with E-state index in [1.807, 2.05) is 0 Å². The molecule has 35 heavy (non-hydrogen) atoms. The molecule has 2 aromatic carbocycles. The van der Waals surface area contributed by atoms with Gasteiger partial charge in [0.05, 0.1) is 27.8 Å². The van der Waals surface area contributed by atoms with Gasteiger partial charge < -0.3 is 4.74 Å². The van der Waals surface area contributed by atoms with Gasteiger partial charge in [-0.05, 0) is 61.9 Å². The molecule has 1 saturated heterocycles. The second kappa shape index (κ2) is 8.83. The molecule has 5 rings (SSSR count). The molecule has 6 nitrogen and oxygen atoms in total. The number of hydrogen-bond acceptors (Lipinski definition) is 5. The minimum atomic E-state index is -4.31. The third-order valence-electron chi connectivity index (χ3n) is 7.44. The van der Waals surface area contributed by atoms with E-state index < -0.39 is 58.5 Å².